The van der Waals surface area contributed by atoms with Crippen molar-refractivity contribution in [1.29, 1.82) is 0 Å². The fourth-order valence-corrected chi connectivity index (χ4v) is 13.7. The Labute approximate surface area is 682 Å². The van der Waals surface area contributed by atoms with Crippen LogP contribution in [0.5, 0.6) is 0 Å². The number of urea groups is 2. The van der Waals surface area contributed by atoms with Crippen LogP contribution in [-0.2, 0) is 107 Å². The molecule has 2 aliphatic heterocycles. The lowest BCUT2D eigenvalue weighted by atomic mass is 9.93. The normalized spacial score (nSPS) is 16.5. The molecule has 5 aromatic rings. The van der Waals surface area contributed by atoms with Crippen LogP contribution in [0.15, 0.2) is 128 Å². The number of halogens is 1. The number of nitrogens with zero attached hydrogens (tertiary/aromatic N) is 2. The summed E-state index contributed by atoms with van der Waals surface area (Å²) >= 11 is 6.27. The van der Waals surface area contributed by atoms with Gasteiger partial charge in [-0.15, -0.1) is 0 Å². The van der Waals surface area contributed by atoms with E-state index in [4.69, 9.17) is 23.1 Å². The Morgan fingerprint density at radius 2 is 1.04 bits per heavy atom. The summed E-state index contributed by atoms with van der Waals surface area (Å²) in [6.07, 6.45) is 8.61. The topological polar surface area (TPSA) is 513 Å². The number of carbonyl (C=O) groups is 15. The van der Waals surface area contributed by atoms with Crippen molar-refractivity contribution >= 4 is 112 Å². The molecular weight excluding hydrogens is 1530 g/mol. The number of aliphatic hydroxyl groups excluding tert-OH is 1. The van der Waals surface area contributed by atoms with Crippen LogP contribution in [-0.4, -0.2) is 196 Å². The van der Waals surface area contributed by atoms with Crippen LogP contribution in [0.25, 0.3) is 0 Å². The number of aromatic nitrogens is 1. The Kier molecular flexibility index (Phi) is 34.0. The number of anilines is 2. The van der Waals surface area contributed by atoms with Crippen LogP contribution < -0.4 is 85.9 Å². The summed E-state index contributed by atoms with van der Waals surface area (Å²) in [6.45, 7) is 9.77. The predicted octanol–water partition coefficient (Wildman–Crippen LogP) is 1.02. The number of hydrogen-bond acceptors (Lipinski definition) is 18. The molecule has 1 aliphatic carbocycles. The third kappa shape index (κ3) is 28.7. The second-order valence-electron chi connectivity index (χ2n) is 30.1. The lowest BCUT2D eigenvalue weighted by Crippen LogP contribution is -2.62. The summed E-state index contributed by atoms with van der Waals surface area (Å²) < 4.78 is 0. The van der Waals surface area contributed by atoms with E-state index in [1.807, 2.05) is 38.1 Å². The molecule has 626 valence electrons. The molecule has 2 saturated heterocycles. The minimum atomic E-state index is -1.92. The predicted molar refractivity (Wildman–Crippen MR) is 433 cm³/mol. The third-order valence-corrected chi connectivity index (χ3v) is 20.0. The Hall–Kier alpha value is -12.2. The van der Waals surface area contributed by atoms with Gasteiger partial charge in [0.2, 0.25) is 76.8 Å². The number of aliphatic hydroxyl groups is 1. The average Bonchev–Trinajstić information content (AvgIpc) is 1.81. The number of likely N-dealkylation sites (tertiary alicyclic amines) is 1. The second kappa shape index (κ2) is 44.1. The van der Waals surface area contributed by atoms with Crippen molar-refractivity contribution in [2.75, 3.05) is 30.3 Å². The lowest BCUT2D eigenvalue weighted by Gasteiger charge is -2.31. The molecule has 8 rings (SSSR count). The first kappa shape index (κ1) is 90.4. The van der Waals surface area contributed by atoms with Gasteiger partial charge in [0.15, 0.2) is 0 Å². The third-order valence-electron chi connectivity index (χ3n) is 19.7. The molecule has 35 heteroatoms. The summed E-state index contributed by atoms with van der Waals surface area (Å²) in [5.41, 5.74) is 15.8. The fraction of sp³-hybridized carbons (Fsp3) is 0.439. The van der Waals surface area contributed by atoms with E-state index < -0.39 is 168 Å². The van der Waals surface area contributed by atoms with E-state index >= 15 is 14.4 Å². The highest BCUT2D eigenvalue weighted by molar-refractivity contribution is 6.30. The SMILES string of the molecule is CC(=O)N[C@H](Cc1ccc2c(c1)CC=CC2)C(=O)NC(Cc1ccc(Cl)cc1)C(=O)N[C@H](Cc1cccnc1)C(=O)N[C@@H](CO)C(=O)NC(Cc1ccc(NC(=O)C2CC(=O)NC(=O)N2)cc1)C(=O)NC(Cc1ccc(NC(N)=O)cc1)C(=O)NC(CC(C)C)C(=O)N[C@@H](CCCCNC(C)C)C(=O)N1CCCC1C(=O)NC(C)C(N)=O. The maximum atomic E-state index is 15.5. The first-order chi connectivity index (χ1) is 55.8. The first-order valence-corrected chi connectivity index (χ1v) is 39.3. The van der Waals surface area contributed by atoms with Gasteiger partial charge in [-0.3, -0.25) is 72.6 Å². The largest absolute Gasteiger partial charge is 0.394 e. The number of amides is 17. The standard InChI is InChI=1S/C82H105ClN18O16/c1-45(2)35-60(72(107)92-59(16-9-10-33-87-46(3)4)80(115)101-34-12-17-68(101)79(114)88-47(5)70(84)105)93-74(109)63(38-51-23-30-58(31-24-51)91-81(85)116)95-76(111)64(39-50-21-28-57(29-22-50)90-71(106)66-42-69(104)100-82(117)99-66)97-78(113)67(44-102)98-77(112)65(41-53-13-11-32-86-43-53)96-75(110)62(37-49-19-26-56(83)27-20-49)94-73(108)61(89-48(6)103)40-52-18-25-54-14-7-8-15-55(54)36-52/h7-8,11,13,18-32,36,43,45-47,59-68,87,102H,9-10,12,14-17,33-35,37-42,44H2,1-6H3,(H2,84,105)(H,88,114)(H,89,103)(H,90,106)(H,92,107)(H,93,109)(H,94,108)(H,95,111)(H,96,110)(H,97,113)(H,98,112)(H3,85,91,116)(H2,99,100,104,117)/t47?,59-,60?,61+,62?,63?,64?,65+,66?,67-,68?/m0/s1. The van der Waals surface area contributed by atoms with Crippen molar-refractivity contribution in [2.45, 2.75) is 204 Å². The molecule has 0 spiro atoms. The molecule has 0 radical (unpaired) electrons. The molecule has 0 saturated carbocycles. The molecule has 4 aromatic carbocycles. The van der Waals surface area contributed by atoms with Gasteiger partial charge < -0.3 is 90.6 Å². The second-order valence-corrected chi connectivity index (χ2v) is 30.5. The molecule has 34 nitrogen and oxygen atoms in total. The van der Waals surface area contributed by atoms with Gasteiger partial charge in [-0.2, -0.15) is 0 Å². The van der Waals surface area contributed by atoms with E-state index in [0.717, 1.165) is 23.1 Å². The van der Waals surface area contributed by atoms with Crippen LogP contribution in [0.1, 0.15) is 125 Å². The number of unbranched alkanes of at least 4 members (excludes halogenated alkanes) is 1. The zero-order chi connectivity index (χ0) is 85.0. The molecule has 19 N–H and O–H groups in total. The number of carbonyl (C=O) groups excluding carboxylic acids is 15. The fourth-order valence-electron chi connectivity index (χ4n) is 13.6. The number of allylic oxidation sites excluding steroid dienone is 2. The van der Waals surface area contributed by atoms with Crippen molar-refractivity contribution < 1.29 is 77.0 Å². The number of fused-ring (bicyclic) bond motifs is 1. The van der Waals surface area contributed by atoms with E-state index in [0.29, 0.717) is 53.9 Å². The lowest BCUT2D eigenvalue weighted by molar-refractivity contribution is -0.142. The van der Waals surface area contributed by atoms with E-state index in [9.17, 15) is 62.6 Å². The molecule has 1 aromatic heterocycles. The van der Waals surface area contributed by atoms with Crippen LogP contribution in [0.3, 0.4) is 0 Å². The van der Waals surface area contributed by atoms with Gasteiger partial charge in [-0.25, -0.2) is 9.59 Å². The van der Waals surface area contributed by atoms with E-state index in [2.05, 4.69) is 85.5 Å². The maximum Gasteiger partial charge on any atom is 0.322 e. The van der Waals surface area contributed by atoms with Gasteiger partial charge >= 0.3 is 12.1 Å². The highest BCUT2D eigenvalue weighted by Gasteiger charge is 2.41. The van der Waals surface area contributed by atoms with Gasteiger partial charge in [-0.1, -0.05) is 112 Å². The van der Waals surface area contributed by atoms with Gasteiger partial charge in [0, 0.05) is 80.4 Å². The smallest absolute Gasteiger partial charge is 0.322 e. The number of hydrogen-bond donors (Lipinski definition) is 17. The number of pyridine rings is 1. The summed E-state index contributed by atoms with van der Waals surface area (Å²) in [5.74, 6) is -10.9. The number of primary amides is 2. The molecule has 3 aliphatic rings. The van der Waals surface area contributed by atoms with Gasteiger partial charge in [0.1, 0.15) is 66.5 Å². The van der Waals surface area contributed by atoms with Crippen LogP contribution in [0.2, 0.25) is 5.02 Å². The van der Waals surface area contributed by atoms with Gasteiger partial charge in [0.05, 0.1) is 13.0 Å². The van der Waals surface area contributed by atoms with Crippen molar-refractivity contribution in [3.8, 4) is 0 Å². The Morgan fingerprint density at radius 3 is 1.56 bits per heavy atom. The number of nitrogens with one attached hydrogen (secondary N) is 14. The van der Waals surface area contributed by atoms with Crippen molar-refractivity contribution in [3.05, 3.63) is 172 Å². The number of rotatable bonds is 41. The highest BCUT2D eigenvalue weighted by Crippen LogP contribution is 2.24. The quantitative estimate of drug-likeness (QED) is 0.0192. The Morgan fingerprint density at radius 1 is 0.556 bits per heavy atom. The molecule has 3 heterocycles. The zero-order valence-electron chi connectivity index (χ0n) is 66.1. The maximum absolute atomic E-state index is 15.5. The van der Waals surface area contributed by atoms with E-state index in [1.54, 1.807) is 50.2 Å². The summed E-state index contributed by atoms with van der Waals surface area (Å²) in [6, 6.07) is 10.1. The summed E-state index contributed by atoms with van der Waals surface area (Å²) in [7, 11) is 0. The van der Waals surface area contributed by atoms with Crippen LogP contribution in [0, 0.1) is 5.92 Å². The number of benzene rings is 4. The zero-order valence-corrected chi connectivity index (χ0v) is 66.9. The molecule has 2 fully saturated rings. The molecule has 0 bridgehead atoms. The number of imide groups is 1. The van der Waals surface area contributed by atoms with E-state index in [1.165, 1.54) is 79.7 Å². The minimum Gasteiger partial charge on any atom is -0.394 e. The first-order valence-electron chi connectivity index (χ1n) is 39.0. The molecule has 117 heavy (non-hydrogen) atoms. The molecule has 17 amide bonds. The Balaban J connectivity index is 1.09. The van der Waals surface area contributed by atoms with Crippen molar-refractivity contribution in [1.82, 2.24) is 73.7 Å². The number of nitrogens with two attached hydrogens (primary N) is 2. The monoisotopic (exact) mass is 1630 g/mol. The van der Waals surface area contributed by atoms with Crippen molar-refractivity contribution in [2.24, 2.45) is 17.4 Å². The highest BCUT2D eigenvalue weighted by atomic mass is 35.5. The average molecular weight is 1630 g/mol. The summed E-state index contributed by atoms with van der Waals surface area (Å²) in [5, 5.41) is 48.6. The van der Waals surface area contributed by atoms with Gasteiger partial charge in [0.25, 0.3) is 0 Å². The molecular formula is C82H105ClN18O16. The van der Waals surface area contributed by atoms with Crippen molar-refractivity contribution in [3.63, 3.8) is 0 Å². The van der Waals surface area contributed by atoms with Crippen LogP contribution in [0.4, 0.5) is 21.0 Å². The molecule has 7 unspecified atom stereocenters. The molecule has 11 atom stereocenters. The van der Waals surface area contributed by atoms with Crippen LogP contribution >= 0.6 is 11.6 Å². The minimum absolute atomic E-state index is 0.0265. The Bertz CT molecular complexity index is 4400. The summed E-state index contributed by atoms with van der Waals surface area (Å²) in [4.78, 5) is 213. The van der Waals surface area contributed by atoms with E-state index in [-0.39, 0.29) is 86.8 Å². The van der Waals surface area contributed by atoms with Gasteiger partial charge in [-0.05, 0) is 152 Å².